The van der Waals surface area contributed by atoms with Crippen LogP contribution >= 0.6 is 27.5 Å². The second kappa shape index (κ2) is 7.04. The normalized spacial score (nSPS) is 10.5. The van der Waals surface area contributed by atoms with Crippen LogP contribution in [0, 0.1) is 6.92 Å². The Kier molecular flexibility index (Phi) is 5.36. The van der Waals surface area contributed by atoms with Gasteiger partial charge in [-0.15, -0.1) is 0 Å². The van der Waals surface area contributed by atoms with Crippen molar-refractivity contribution in [2.24, 2.45) is 0 Å². The maximum atomic E-state index is 5.99. The lowest BCUT2D eigenvalue weighted by atomic mass is 10.2. The lowest BCUT2D eigenvalue weighted by Gasteiger charge is -2.18. The molecule has 0 atom stereocenters. The third kappa shape index (κ3) is 4.04. The van der Waals surface area contributed by atoms with Gasteiger partial charge < -0.3 is 10.2 Å². The summed E-state index contributed by atoms with van der Waals surface area (Å²) in [6.07, 6.45) is 0. The van der Waals surface area contributed by atoms with E-state index in [1.165, 1.54) is 0 Å². The third-order valence-electron chi connectivity index (χ3n) is 3.07. The molecule has 1 heterocycles. The average molecular weight is 371 g/mol. The molecular weight excluding hydrogens is 354 g/mol. The number of benzene rings is 1. The van der Waals surface area contributed by atoms with Gasteiger partial charge in [-0.3, -0.25) is 0 Å². The van der Waals surface area contributed by atoms with E-state index in [1.54, 1.807) is 0 Å². The van der Waals surface area contributed by atoms with Crippen molar-refractivity contribution in [2.75, 3.05) is 23.3 Å². The number of hydrogen-bond acceptors (Lipinski definition) is 5. The summed E-state index contributed by atoms with van der Waals surface area (Å²) in [7, 11) is 0. The minimum atomic E-state index is 0.181. The molecule has 7 heteroatoms. The van der Waals surface area contributed by atoms with Crippen LogP contribution in [0.25, 0.3) is 0 Å². The first-order valence-electron chi connectivity index (χ1n) is 6.73. The van der Waals surface area contributed by atoms with Gasteiger partial charge in [0.15, 0.2) is 0 Å². The van der Waals surface area contributed by atoms with E-state index in [2.05, 4.69) is 36.2 Å². The Morgan fingerprint density at radius 1 is 1.19 bits per heavy atom. The number of aromatic nitrogens is 3. The fraction of sp³-hybridized carbons (Fsp3) is 0.357. The van der Waals surface area contributed by atoms with Crippen LogP contribution in [0.15, 0.2) is 22.7 Å². The van der Waals surface area contributed by atoms with E-state index in [0.29, 0.717) is 11.9 Å². The predicted molar refractivity (Wildman–Crippen MR) is 90.6 cm³/mol. The number of aryl methyl sites for hydroxylation is 1. The van der Waals surface area contributed by atoms with Crippen molar-refractivity contribution in [1.82, 2.24) is 15.0 Å². The van der Waals surface area contributed by atoms with E-state index >= 15 is 0 Å². The maximum absolute atomic E-state index is 5.99. The second-order valence-electron chi connectivity index (χ2n) is 4.49. The molecule has 0 amide bonds. The minimum Gasteiger partial charge on any atom is -0.341 e. The van der Waals surface area contributed by atoms with Gasteiger partial charge in [-0.05, 0) is 50.1 Å². The van der Waals surface area contributed by atoms with Crippen molar-refractivity contribution < 1.29 is 0 Å². The van der Waals surface area contributed by atoms with Gasteiger partial charge in [-0.25, -0.2) is 0 Å². The predicted octanol–water partition coefficient (Wildman–Crippen LogP) is 4.19. The summed E-state index contributed by atoms with van der Waals surface area (Å²) in [6.45, 7) is 7.75. The van der Waals surface area contributed by atoms with Crippen LogP contribution < -0.4 is 10.2 Å². The van der Waals surface area contributed by atoms with Gasteiger partial charge in [0.1, 0.15) is 0 Å². The third-order valence-corrected chi connectivity index (χ3v) is 4.09. The lowest BCUT2D eigenvalue weighted by Crippen LogP contribution is -2.24. The van der Waals surface area contributed by atoms with E-state index < -0.39 is 0 Å². The highest BCUT2D eigenvalue weighted by Crippen LogP contribution is 2.23. The zero-order valence-electron chi connectivity index (χ0n) is 12.2. The van der Waals surface area contributed by atoms with E-state index in [9.17, 15) is 0 Å². The van der Waals surface area contributed by atoms with Crippen LogP contribution in [-0.2, 0) is 0 Å². The molecule has 0 aliphatic heterocycles. The van der Waals surface area contributed by atoms with Crippen LogP contribution in [0.1, 0.15) is 19.4 Å². The molecule has 2 rings (SSSR count). The summed E-state index contributed by atoms with van der Waals surface area (Å²) in [6, 6.07) is 5.96. The summed E-state index contributed by atoms with van der Waals surface area (Å²) in [4.78, 5) is 14.7. The van der Waals surface area contributed by atoms with Crippen molar-refractivity contribution >= 4 is 45.1 Å². The van der Waals surface area contributed by atoms with E-state index in [-0.39, 0.29) is 5.28 Å². The maximum Gasteiger partial charge on any atom is 0.233 e. The zero-order valence-corrected chi connectivity index (χ0v) is 14.5. The molecule has 0 saturated carbocycles. The van der Waals surface area contributed by atoms with Gasteiger partial charge in [-0.2, -0.15) is 15.0 Å². The highest BCUT2D eigenvalue weighted by Gasteiger charge is 2.10. The van der Waals surface area contributed by atoms with Crippen LogP contribution in [0.4, 0.5) is 17.6 Å². The molecule has 1 aromatic heterocycles. The number of nitrogens with zero attached hydrogens (tertiary/aromatic N) is 4. The molecule has 1 N–H and O–H groups in total. The van der Waals surface area contributed by atoms with Gasteiger partial charge in [0.05, 0.1) is 0 Å². The summed E-state index contributed by atoms with van der Waals surface area (Å²) >= 11 is 9.50. The molecule has 0 radical (unpaired) electrons. The van der Waals surface area contributed by atoms with Crippen LogP contribution in [0.5, 0.6) is 0 Å². The molecule has 0 unspecified atom stereocenters. The highest BCUT2D eigenvalue weighted by atomic mass is 79.9. The summed E-state index contributed by atoms with van der Waals surface area (Å²) in [5.74, 6) is 1.02. The Morgan fingerprint density at radius 3 is 2.52 bits per heavy atom. The molecule has 5 nitrogen and oxygen atoms in total. The van der Waals surface area contributed by atoms with Crippen LogP contribution in [0.3, 0.4) is 0 Å². The van der Waals surface area contributed by atoms with Crippen molar-refractivity contribution in [3.05, 3.63) is 33.5 Å². The molecule has 0 spiro atoms. The molecule has 0 aliphatic carbocycles. The molecule has 2 aromatic rings. The molecular formula is C14H17BrClN5. The zero-order chi connectivity index (χ0) is 15.4. The molecule has 0 fully saturated rings. The molecule has 0 aliphatic rings. The topological polar surface area (TPSA) is 53.9 Å². The van der Waals surface area contributed by atoms with Gasteiger partial charge in [0.2, 0.25) is 17.2 Å². The fourth-order valence-electron chi connectivity index (χ4n) is 1.84. The SMILES string of the molecule is CCN(CC)c1nc(Cl)nc(Nc2ccc(C)c(Br)c2)n1. The van der Waals surface area contributed by atoms with Crippen molar-refractivity contribution in [3.8, 4) is 0 Å². The summed E-state index contributed by atoms with van der Waals surface area (Å²) in [5, 5.41) is 3.33. The van der Waals surface area contributed by atoms with E-state index in [4.69, 9.17) is 11.6 Å². The van der Waals surface area contributed by atoms with Crippen LogP contribution in [-0.4, -0.2) is 28.0 Å². The summed E-state index contributed by atoms with van der Waals surface area (Å²) < 4.78 is 1.02. The van der Waals surface area contributed by atoms with Crippen LogP contribution in [0.2, 0.25) is 5.28 Å². The Balaban J connectivity index is 2.29. The van der Waals surface area contributed by atoms with Gasteiger partial charge in [0.25, 0.3) is 0 Å². The number of rotatable bonds is 5. The first-order valence-corrected chi connectivity index (χ1v) is 7.90. The second-order valence-corrected chi connectivity index (χ2v) is 5.68. The van der Waals surface area contributed by atoms with Gasteiger partial charge >= 0.3 is 0 Å². The summed E-state index contributed by atoms with van der Waals surface area (Å²) in [5.41, 5.74) is 2.05. The molecule has 21 heavy (non-hydrogen) atoms. The fourth-order valence-corrected chi connectivity index (χ4v) is 2.38. The smallest absolute Gasteiger partial charge is 0.233 e. The molecule has 0 bridgehead atoms. The van der Waals surface area contributed by atoms with E-state index in [1.807, 2.05) is 43.9 Å². The van der Waals surface area contributed by atoms with Crippen molar-refractivity contribution in [2.45, 2.75) is 20.8 Å². The van der Waals surface area contributed by atoms with Gasteiger partial charge in [-0.1, -0.05) is 22.0 Å². The molecule has 112 valence electrons. The molecule has 1 aromatic carbocycles. The Hall–Kier alpha value is -1.40. The molecule has 0 saturated heterocycles. The number of anilines is 3. The lowest BCUT2D eigenvalue weighted by molar-refractivity contribution is 0.814. The number of hydrogen-bond donors (Lipinski definition) is 1. The van der Waals surface area contributed by atoms with Crippen molar-refractivity contribution in [1.29, 1.82) is 0 Å². The first-order chi connectivity index (χ1) is 10.0. The first kappa shape index (κ1) is 16.0. The number of nitrogens with one attached hydrogen (secondary N) is 1. The van der Waals surface area contributed by atoms with Crippen molar-refractivity contribution in [3.63, 3.8) is 0 Å². The standard InChI is InChI=1S/C14H17BrClN5/c1-4-21(5-2)14-19-12(16)18-13(20-14)17-10-7-6-9(3)11(15)8-10/h6-8H,4-5H2,1-3H3,(H,17,18,19,20). The average Bonchev–Trinajstić information content (AvgIpc) is 2.44. The quantitative estimate of drug-likeness (QED) is 0.855. The highest BCUT2D eigenvalue weighted by molar-refractivity contribution is 9.10. The Bertz CT molecular complexity index is 631. The minimum absolute atomic E-state index is 0.181. The van der Waals surface area contributed by atoms with Gasteiger partial charge in [0, 0.05) is 23.2 Å². The Labute approximate surface area is 137 Å². The number of halogens is 2. The largest absolute Gasteiger partial charge is 0.341 e. The monoisotopic (exact) mass is 369 g/mol. The Morgan fingerprint density at radius 2 is 1.90 bits per heavy atom. The van der Waals surface area contributed by atoms with E-state index in [0.717, 1.165) is 28.8 Å².